The smallest absolute Gasteiger partial charge is 0.310 e. The summed E-state index contributed by atoms with van der Waals surface area (Å²) in [6.07, 6.45) is 16.9. The number of carbonyl (C=O) groups excluding carboxylic acids is 1. The standard InChI is InChI=1S/C34H65O2P/c1-12-19-34(11,36-31(35)30(32(5,6)7)33(8,9)10)20-18-29-17-16-28(22-26(3)23-29)15-13-14-25(2)21-27(4)24-37/h12,25-30H,1,13-24,37H2,2-11H3. The van der Waals surface area contributed by atoms with Crippen molar-refractivity contribution in [3.05, 3.63) is 12.7 Å². The summed E-state index contributed by atoms with van der Waals surface area (Å²) >= 11 is 0. The van der Waals surface area contributed by atoms with E-state index in [0.29, 0.717) is 0 Å². The average molecular weight is 537 g/mol. The Hall–Kier alpha value is -0.360. The summed E-state index contributed by atoms with van der Waals surface area (Å²) in [6, 6.07) is 0. The first-order chi connectivity index (χ1) is 17.0. The molecule has 1 aliphatic carbocycles. The van der Waals surface area contributed by atoms with Gasteiger partial charge in [0.2, 0.25) is 0 Å². The van der Waals surface area contributed by atoms with Gasteiger partial charge in [-0.15, -0.1) is 15.8 Å². The Morgan fingerprint density at radius 1 is 0.973 bits per heavy atom. The van der Waals surface area contributed by atoms with Crippen molar-refractivity contribution in [1.29, 1.82) is 0 Å². The maximum Gasteiger partial charge on any atom is 0.310 e. The topological polar surface area (TPSA) is 26.3 Å². The van der Waals surface area contributed by atoms with E-state index in [2.05, 4.69) is 85.1 Å². The monoisotopic (exact) mass is 536 g/mol. The Balaban J connectivity index is 2.69. The van der Waals surface area contributed by atoms with Crippen molar-refractivity contribution in [3.63, 3.8) is 0 Å². The molecular formula is C34H65O2P. The molecule has 0 aromatic carbocycles. The van der Waals surface area contributed by atoms with Crippen molar-refractivity contribution in [2.24, 2.45) is 46.3 Å². The molecule has 1 rings (SSSR count). The lowest BCUT2D eigenvalue weighted by Gasteiger charge is -2.41. The molecular weight excluding hydrogens is 471 g/mol. The third kappa shape index (κ3) is 13.0. The maximum atomic E-state index is 13.5. The fourth-order valence-electron chi connectivity index (χ4n) is 7.44. The molecule has 1 aliphatic rings. The van der Waals surface area contributed by atoms with Crippen molar-refractivity contribution < 1.29 is 9.53 Å². The number of carbonyl (C=O) groups is 1. The first kappa shape index (κ1) is 34.7. The molecule has 3 heteroatoms. The third-order valence-corrected chi connectivity index (χ3v) is 9.75. The minimum absolute atomic E-state index is 0.0417. The summed E-state index contributed by atoms with van der Waals surface area (Å²) in [6.45, 7) is 26.4. The van der Waals surface area contributed by atoms with Crippen molar-refractivity contribution >= 4 is 15.2 Å². The van der Waals surface area contributed by atoms with Crippen molar-refractivity contribution in [1.82, 2.24) is 0 Å². The predicted octanol–water partition coefficient (Wildman–Crippen LogP) is 10.5. The Morgan fingerprint density at radius 2 is 1.51 bits per heavy atom. The summed E-state index contributed by atoms with van der Waals surface area (Å²) in [7, 11) is 2.90. The van der Waals surface area contributed by atoms with E-state index < -0.39 is 5.60 Å². The summed E-state index contributed by atoms with van der Waals surface area (Å²) in [5, 5.41) is 0. The highest BCUT2D eigenvalue weighted by Gasteiger charge is 2.44. The van der Waals surface area contributed by atoms with Crippen LogP contribution in [0.25, 0.3) is 0 Å². The molecule has 0 aromatic rings. The van der Waals surface area contributed by atoms with Crippen LogP contribution < -0.4 is 0 Å². The van der Waals surface area contributed by atoms with Gasteiger partial charge in [-0.3, -0.25) is 4.79 Å². The number of ether oxygens (including phenoxy) is 1. The van der Waals surface area contributed by atoms with Crippen LogP contribution in [0.4, 0.5) is 0 Å². The molecule has 37 heavy (non-hydrogen) atoms. The van der Waals surface area contributed by atoms with Gasteiger partial charge in [-0.1, -0.05) is 100 Å². The molecule has 7 atom stereocenters. The molecule has 0 heterocycles. The van der Waals surface area contributed by atoms with Crippen molar-refractivity contribution in [3.8, 4) is 0 Å². The number of esters is 1. The fraction of sp³-hybridized carbons (Fsp3) is 0.912. The predicted molar refractivity (Wildman–Crippen MR) is 167 cm³/mol. The summed E-state index contributed by atoms with van der Waals surface area (Å²) in [5.74, 6) is 3.93. The van der Waals surface area contributed by atoms with Crippen LogP contribution in [0.3, 0.4) is 0 Å². The Labute approximate surface area is 235 Å². The van der Waals surface area contributed by atoms with Gasteiger partial charge in [0.1, 0.15) is 5.60 Å². The molecule has 0 bridgehead atoms. The van der Waals surface area contributed by atoms with E-state index in [1.165, 1.54) is 57.5 Å². The van der Waals surface area contributed by atoms with E-state index in [9.17, 15) is 4.79 Å². The summed E-state index contributed by atoms with van der Waals surface area (Å²) < 4.78 is 6.36. The molecule has 0 aromatic heterocycles. The lowest BCUT2D eigenvalue weighted by molar-refractivity contribution is -0.173. The van der Waals surface area contributed by atoms with Crippen LogP contribution in [0.1, 0.15) is 140 Å². The van der Waals surface area contributed by atoms with E-state index in [-0.39, 0.29) is 22.7 Å². The van der Waals surface area contributed by atoms with E-state index in [4.69, 9.17) is 4.74 Å². The zero-order valence-corrected chi connectivity index (χ0v) is 27.8. The minimum Gasteiger partial charge on any atom is -0.459 e. The van der Waals surface area contributed by atoms with Crippen LogP contribution >= 0.6 is 9.24 Å². The van der Waals surface area contributed by atoms with Gasteiger partial charge in [0.25, 0.3) is 0 Å². The van der Waals surface area contributed by atoms with Gasteiger partial charge < -0.3 is 4.74 Å². The van der Waals surface area contributed by atoms with Crippen LogP contribution in [0.5, 0.6) is 0 Å². The Morgan fingerprint density at radius 3 is 2.00 bits per heavy atom. The lowest BCUT2D eigenvalue weighted by Crippen LogP contribution is -2.44. The van der Waals surface area contributed by atoms with Gasteiger partial charge in [-0.25, -0.2) is 0 Å². The maximum absolute atomic E-state index is 13.5. The lowest BCUT2D eigenvalue weighted by atomic mass is 9.66. The number of hydrogen-bond acceptors (Lipinski definition) is 2. The quantitative estimate of drug-likeness (QED) is 0.0955. The second kappa shape index (κ2) is 15.4. The second-order valence-electron chi connectivity index (χ2n) is 15.6. The van der Waals surface area contributed by atoms with Gasteiger partial charge >= 0.3 is 5.97 Å². The second-order valence-corrected chi connectivity index (χ2v) is 16.0. The molecule has 0 radical (unpaired) electrons. The van der Waals surface area contributed by atoms with Gasteiger partial charge in [0, 0.05) is 6.42 Å². The molecule has 1 saturated carbocycles. The van der Waals surface area contributed by atoms with Crippen molar-refractivity contribution in [2.75, 3.05) is 6.16 Å². The molecule has 218 valence electrons. The Bertz CT molecular complexity index is 658. The first-order valence-corrected chi connectivity index (χ1v) is 16.4. The van der Waals surface area contributed by atoms with Gasteiger partial charge in [0.05, 0.1) is 5.92 Å². The molecule has 0 saturated heterocycles. The SMILES string of the molecule is C=CCC(C)(CCC1CCC(CCCC(C)CC(C)CP)CC(C)C1)OC(=O)C(C(C)(C)C)C(C)(C)C. The van der Waals surface area contributed by atoms with Crippen molar-refractivity contribution in [2.45, 2.75) is 145 Å². The number of hydrogen-bond donors (Lipinski definition) is 0. The van der Waals surface area contributed by atoms with Crippen LogP contribution in [-0.4, -0.2) is 17.7 Å². The summed E-state index contributed by atoms with van der Waals surface area (Å²) in [5.41, 5.74) is -0.741. The largest absolute Gasteiger partial charge is 0.459 e. The minimum atomic E-state index is -0.465. The van der Waals surface area contributed by atoms with E-state index in [1.807, 2.05) is 6.08 Å². The van der Waals surface area contributed by atoms with Gasteiger partial charge in [-0.2, -0.15) is 0 Å². The molecule has 0 aliphatic heterocycles. The average Bonchev–Trinajstić information content (AvgIpc) is 2.90. The van der Waals surface area contributed by atoms with Crippen LogP contribution in [0.2, 0.25) is 0 Å². The van der Waals surface area contributed by atoms with Gasteiger partial charge in [0.15, 0.2) is 0 Å². The highest BCUT2D eigenvalue weighted by Crippen LogP contribution is 2.43. The number of rotatable bonds is 14. The highest BCUT2D eigenvalue weighted by molar-refractivity contribution is 7.16. The molecule has 2 nitrogen and oxygen atoms in total. The molecule has 0 amide bonds. The molecule has 1 fully saturated rings. The fourth-order valence-corrected chi connectivity index (χ4v) is 7.63. The van der Waals surface area contributed by atoms with E-state index in [0.717, 1.165) is 48.9 Å². The Kier molecular flexibility index (Phi) is 14.5. The van der Waals surface area contributed by atoms with Crippen LogP contribution in [0.15, 0.2) is 12.7 Å². The molecule has 0 spiro atoms. The highest BCUT2D eigenvalue weighted by atomic mass is 31.0. The summed E-state index contributed by atoms with van der Waals surface area (Å²) in [4.78, 5) is 13.5. The normalized spacial score (nSPS) is 24.7. The first-order valence-electron chi connectivity index (χ1n) is 15.5. The van der Waals surface area contributed by atoms with Gasteiger partial charge in [-0.05, 0) is 85.6 Å². The molecule has 7 unspecified atom stereocenters. The zero-order valence-electron chi connectivity index (χ0n) is 26.6. The van der Waals surface area contributed by atoms with E-state index >= 15 is 0 Å². The third-order valence-electron chi connectivity index (χ3n) is 8.94. The molecule has 0 N–H and O–H groups in total. The van der Waals surface area contributed by atoms with Crippen LogP contribution in [-0.2, 0) is 9.53 Å². The van der Waals surface area contributed by atoms with Crippen LogP contribution in [0, 0.1) is 46.3 Å². The van der Waals surface area contributed by atoms with E-state index in [1.54, 1.807) is 0 Å². The zero-order chi connectivity index (χ0) is 28.4.